The summed E-state index contributed by atoms with van der Waals surface area (Å²) >= 11 is 6.01. The molecule has 0 saturated carbocycles. The van der Waals surface area contributed by atoms with Crippen molar-refractivity contribution in [2.24, 2.45) is 11.8 Å². The van der Waals surface area contributed by atoms with Crippen molar-refractivity contribution in [1.29, 1.82) is 0 Å². The average molecular weight is 310 g/mol. The van der Waals surface area contributed by atoms with E-state index in [1.807, 2.05) is 32.0 Å². The van der Waals surface area contributed by atoms with Gasteiger partial charge in [0, 0.05) is 22.5 Å². The third kappa shape index (κ3) is 4.21. The maximum absolute atomic E-state index is 12.5. The van der Waals surface area contributed by atoms with Crippen molar-refractivity contribution >= 4 is 23.2 Å². The molecule has 2 N–H and O–H groups in total. The Hall–Kier alpha value is -1.06. The van der Waals surface area contributed by atoms with Gasteiger partial charge in [0.05, 0.1) is 13.1 Å². The fourth-order valence-corrected chi connectivity index (χ4v) is 3.51. The Morgan fingerprint density at radius 3 is 2.57 bits per heavy atom. The van der Waals surface area contributed by atoms with Crippen molar-refractivity contribution in [3.8, 4) is 0 Å². The summed E-state index contributed by atoms with van der Waals surface area (Å²) in [5.41, 5.74) is 1.85. The molecule has 1 aromatic carbocycles. The number of piperidine rings is 1. The molecule has 2 rings (SSSR count). The molecule has 4 atom stereocenters. The Labute approximate surface area is 132 Å². The Balaban J connectivity index is 2.04. The number of carbonyl (C=O) groups is 1. The lowest BCUT2D eigenvalue weighted by atomic mass is 9.91. The van der Waals surface area contributed by atoms with E-state index in [-0.39, 0.29) is 11.9 Å². The molecule has 1 unspecified atom stereocenters. The Morgan fingerprint density at radius 2 is 1.95 bits per heavy atom. The van der Waals surface area contributed by atoms with Crippen LogP contribution in [-0.4, -0.2) is 25.0 Å². The number of hydrogen-bond acceptors (Lipinski definition) is 1. The van der Waals surface area contributed by atoms with E-state index in [1.165, 1.54) is 11.3 Å². The van der Waals surface area contributed by atoms with Crippen LogP contribution in [0.5, 0.6) is 0 Å². The van der Waals surface area contributed by atoms with Gasteiger partial charge in [0.1, 0.15) is 0 Å². The minimum Gasteiger partial charge on any atom is -0.324 e. The highest BCUT2D eigenvalue weighted by molar-refractivity contribution is 6.31. The van der Waals surface area contributed by atoms with Crippen molar-refractivity contribution in [3.05, 3.63) is 28.8 Å². The van der Waals surface area contributed by atoms with Gasteiger partial charge in [0.2, 0.25) is 0 Å². The molecule has 0 bridgehead atoms. The van der Waals surface area contributed by atoms with Crippen LogP contribution in [0.1, 0.15) is 32.8 Å². The number of benzene rings is 1. The molecule has 1 aromatic rings. The first-order valence-corrected chi connectivity index (χ1v) is 8.16. The molecule has 1 aliphatic rings. The zero-order valence-electron chi connectivity index (χ0n) is 13.4. The number of hydrogen-bond donors (Lipinski definition) is 2. The van der Waals surface area contributed by atoms with Crippen molar-refractivity contribution < 1.29 is 9.69 Å². The van der Waals surface area contributed by atoms with Crippen LogP contribution in [0.3, 0.4) is 0 Å². The molecule has 0 aromatic heterocycles. The minimum absolute atomic E-state index is 0.0337. The van der Waals surface area contributed by atoms with Crippen LogP contribution in [0.15, 0.2) is 18.2 Å². The van der Waals surface area contributed by atoms with Gasteiger partial charge >= 0.3 is 0 Å². The molecule has 0 aliphatic carbocycles. The van der Waals surface area contributed by atoms with Crippen molar-refractivity contribution in [3.63, 3.8) is 0 Å². The minimum atomic E-state index is -0.0337. The molecular formula is C17H26ClN2O+. The third-order valence-electron chi connectivity index (χ3n) is 4.49. The monoisotopic (exact) mass is 309 g/mol. The lowest BCUT2D eigenvalue weighted by molar-refractivity contribution is -0.925. The molecule has 116 valence electrons. The van der Waals surface area contributed by atoms with Crippen LogP contribution >= 0.6 is 11.6 Å². The third-order valence-corrected chi connectivity index (χ3v) is 4.72. The van der Waals surface area contributed by atoms with E-state index in [0.717, 1.165) is 24.3 Å². The van der Waals surface area contributed by atoms with Gasteiger partial charge in [-0.2, -0.15) is 0 Å². The van der Waals surface area contributed by atoms with Crippen LogP contribution in [0.4, 0.5) is 5.69 Å². The molecule has 1 saturated heterocycles. The first-order valence-electron chi connectivity index (χ1n) is 7.78. The van der Waals surface area contributed by atoms with Gasteiger partial charge in [-0.05, 0) is 38.0 Å². The second-order valence-corrected chi connectivity index (χ2v) is 7.12. The highest BCUT2D eigenvalue weighted by Gasteiger charge is 2.32. The zero-order valence-corrected chi connectivity index (χ0v) is 14.1. The van der Waals surface area contributed by atoms with E-state index in [9.17, 15) is 4.79 Å². The summed E-state index contributed by atoms with van der Waals surface area (Å²) in [5, 5.41) is 3.68. The van der Waals surface area contributed by atoms with Gasteiger partial charge in [-0.3, -0.25) is 4.79 Å². The van der Waals surface area contributed by atoms with E-state index in [2.05, 4.69) is 19.2 Å². The predicted octanol–water partition coefficient (Wildman–Crippen LogP) is 2.54. The number of quaternary nitrogens is 1. The fourth-order valence-electron chi connectivity index (χ4n) is 3.34. The molecule has 1 aliphatic heterocycles. The molecule has 0 spiro atoms. The lowest BCUT2D eigenvalue weighted by Crippen LogP contribution is -3.18. The highest BCUT2D eigenvalue weighted by atomic mass is 35.5. The van der Waals surface area contributed by atoms with Crippen molar-refractivity contribution in [2.75, 3.05) is 18.4 Å². The summed E-state index contributed by atoms with van der Waals surface area (Å²) in [6.07, 6.45) is 1.27. The quantitative estimate of drug-likeness (QED) is 0.884. The largest absolute Gasteiger partial charge is 0.324 e. The number of halogens is 1. The summed E-state index contributed by atoms with van der Waals surface area (Å²) in [4.78, 5) is 13.9. The number of carbonyl (C=O) groups excluding carboxylic acids is 1. The SMILES string of the molecule is Cc1ccc(Cl)cc1NC(=O)[C@@H](C)[NH+]1C[C@H](C)C[C@H](C)C1. The van der Waals surface area contributed by atoms with Gasteiger partial charge in [0.15, 0.2) is 6.04 Å². The molecule has 3 nitrogen and oxygen atoms in total. The van der Waals surface area contributed by atoms with Crippen LogP contribution in [-0.2, 0) is 4.79 Å². The van der Waals surface area contributed by atoms with Crippen LogP contribution in [0, 0.1) is 18.8 Å². The highest BCUT2D eigenvalue weighted by Crippen LogP contribution is 2.20. The Morgan fingerprint density at radius 1 is 1.33 bits per heavy atom. The maximum atomic E-state index is 12.5. The number of rotatable bonds is 3. The summed E-state index contributed by atoms with van der Waals surface area (Å²) in [6, 6.07) is 5.56. The number of aryl methyl sites for hydroxylation is 1. The molecule has 4 heteroatoms. The van der Waals surface area contributed by atoms with Gasteiger partial charge in [-0.25, -0.2) is 0 Å². The molecule has 1 heterocycles. The van der Waals surface area contributed by atoms with Gasteiger partial charge < -0.3 is 10.2 Å². The summed E-state index contributed by atoms with van der Waals surface area (Å²) in [7, 11) is 0. The van der Waals surface area contributed by atoms with Gasteiger partial charge in [-0.15, -0.1) is 0 Å². The first kappa shape index (κ1) is 16.3. The number of nitrogens with one attached hydrogen (secondary N) is 2. The van der Waals surface area contributed by atoms with Crippen LogP contribution < -0.4 is 10.2 Å². The van der Waals surface area contributed by atoms with E-state index < -0.39 is 0 Å². The van der Waals surface area contributed by atoms with E-state index >= 15 is 0 Å². The molecular weight excluding hydrogens is 284 g/mol. The summed E-state index contributed by atoms with van der Waals surface area (Å²) in [6.45, 7) is 10.7. The standard InChI is InChI=1S/C17H25ClN2O/c1-11-7-12(2)10-20(9-11)14(4)17(21)19-16-8-15(18)6-5-13(16)3/h5-6,8,11-12,14H,7,9-10H2,1-4H3,(H,19,21)/p+1/t11-,12+,14-/m1/s1. The van der Waals surface area contributed by atoms with E-state index in [1.54, 1.807) is 0 Å². The van der Waals surface area contributed by atoms with Crippen LogP contribution in [0.25, 0.3) is 0 Å². The molecule has 1 fully saturated rings. The number of amides is 1. The Bertz CT molecular complexity index is 508. The number of anilines is 1. The normalized spacial score (nSPS) is 27.2. The van der Waals surface area contributed by atoms with E-state index in [4.69, 9.17) is 11.6 Å². The topological polar surface area (TPSA) is 33.5 Å². The Kier molecular flexibility index (Phi) is 5.28. The average Bonchev–Trinajstić information content (AvgIpc) is 2.41. The van der Waals surface area contributed by atoms with Crippen molar-refractivity contribution in [2.45, 2.75) is 40.2 Å². The zero-order chi connectivity index (χ0) is 15.6. The first-order chi connectivity index (χ1) is 9.86. The van der Waals surface area contributed by atoms with Crippen molar-refractivity contribution in [1.82, 2.24) is 0 Å². The maximum Gasteiger partial charge on any atom is 0.282 e. The second-order valence-electron chi connectivity index (χ2n) is 6.68. The fraction of sp³-hybridized carbons (Fsp3) is 0.588. The smallest absolute Gasteiger partial charge is 0.282 e. The number of likely N-dealkylation sites (tertiary alicyclic amines) is 1. The second kappa shape index (κ2) is 6.80. The molecule has 0 radical (unpaired) electrons. The van der Waals surface area contributed by atoms with Crippen LogP contribution in [0.2, 0.25) is 5.02 Å². The van der Waals surface area contributed by atoms with Gasteiger partial charge in [0.25, 0.3) is 5.91 Å². The molecule has 21 heavy (non-hydrogen) atoms. The predicted molar refractivity (Wildman–Crippen MR) is 87.9 cm³/mol. The summed E-state index contributed by atoms with van der Waals surface area (Å²) < 4.78 is 0. The molecule has 1 amide bonds. The van der Waals surface area contributed by atoms with E-state index in [0.29, 0.717) is 16.9 Å². The summed E-state index contributed by atoms with van der Waals surface area (Å²) in [5.74, 6) is 1.45. The van der Waals surface area contributed by atoms with Gasteiger partial charge in [-0.1, -0.05) is 31.5 Å². The lowest BCUT2D eigenvalue weighted by Gasteiger charge is -2.35.